The molecular weight excluding hydrogens is 364 g/mol. The molecule has 3 rings (SSSR count). The smallest absolute Gasteiger partial charge is 0.146 e. The highest BCUT2D eigenvalue weighted by atomic mass is 79.9. The molecule has 1 heterocycles. The van der Waals surface area contributed by atoms with Gasteiger partial charge < -0.3 is 5.32 Å². The number of benzene rings is 2. The number of hydrogen-bond acceptors (Lipinski definition) is 2. The van der Waals surface area contributed by atoms with Crippen molar-refractivity contribution in [3.8, 4) is 11.1 Å². The molecule has 1 N–H and O–H groups in total. The molecule has 23 heavy (non-hydrogen) atoms. The zero-order chi connectivity index (χ0) is 16.6. The van der Waals surface area contributed by atoms with Crippen molar-refractivity contribution < 1.29 is 8.78 Å². The molecule has 6 heteroatoms. The van der Waals surface area contributed by atoms with Gasteiger partial charge in [0.15, 0.2) is 0 Å². The molecule has 3 aromatic rings. The predicted molar refractivity (Wildman–Crippen MR) is 90.7 cm³/mol. The lowest BCUT2D eigenvalue weighted by atomic mass is 10.1. The van der Waals surface area contributed by atoms with E-state index < -0.39 is 0 Å². The van der Waals surface area contributed by atoms with Gasteiger partial charge in [0.1, 0.15) is 17.5 Å². The van der Waals surface area contributed by atoms with Gasteiger partial charge in [-0.3, -0.25) is 4.68 Å². The van der Waals surface area contributed by atoms with Crippen molar-refractivity contribution in [2.75, 3.05) is 5.32 Å². The summed E-state index contributed by atoms with van der Waals surface area (Å²) in [4.78, 5) is 0. The molecule has 0 fully saturated rings. The highest BCUT2D eigenvalue weighted by Crippen LogP contribution is 2.37. The zero-order valence-corrected chi connectivity index (χ0v) is 14.2. The van der Waals surface area contributed by atoms with Crippen LogP contribution in [0.4, 0.5) is 20.3 Å². The molecule has 0 aliphatic rings. The Morgan fingerprint density at radius 3 is 2.57 bits per heavy atom. The average Bonchev–Trinajstić information content (AvgIpc) is 2.76. The molecule has 3 nitrogen and oxygen atoms in total. The van der Waals surface area contributed by atoms with Crippen molar-refractivity contribution in [1.29, 1.82) is 0 Å². The van der Waals surface area contributed by atoms with Crippen LogP contribution in [0.2, 0.25) is 0 Å². The van der Waals surface area contributed by atoms with Crippen molar-refractivity contribution in [1.82, 2.24) is 9.78 Å². The third-order valence-corrected chi connectivity index (χ3v) is 4.21. The number of nitrogens with one attached hydrogen (secondary N) is 1. The molecule has 0 spiro atoms. The lowest BCUT2D eigenvalue weighted by molar-refractivity contribution is 0.627. The molecule has 0 saturated carbocycles. The number of para-hydroxylation sites is 1. The standard InChI is InChI=1S/C17H14BrF2N3/c1-10-16(12-8-7-11(19)9-13(12)18)17(23(2)22-10)21-15-6-4-3-5-14(15)20/h3-9,21H,1-2H3. The highest BCUT2D eigenvalue weighted by Gasteiger charge is 2.18. The Balaban J connectivity index is 2.13. The maximum atomic E-state index is 13.9. The molecule has 118 valence electrons. The highest BCUT2D eigenvalue weighted by molar-refractivity contribution is 9.10. The fourth-order valence-electron chi connectivity index (χ4n) is 2.51. The number of rotatable bonds is 3. The Morgan fingerprint density at radius 2 is 1.87 bits per heavy atom. The van der Waals surface area contributed by atoms with Gasteiger partial charge in [0.25, 0.3) is 0 Å². The first-order valence-electron chi connectivity index (χ1n) is 6.98. The molecule has 0 bridgehead atoms. The Kier molecular flexibility index (Phi) is 4.17. The van der Waals surface area contributed by atoms with E-state index in [-0.39, 0.29) is 11.6 Å². The third-order valence-electron chi connectivity index (χ3n) is 3.55. The normalized spacial score (nSPS) is 10.8. The molecule has 0 atom stereocenters. The van der Waals surface area contributed by atoms with Crippen molar-refractivity contribution in [3.63, 3.8) is 0 Å². The molecule has 0 aliphatic carbocycles. The molecule has 0 aliphatic heterocycles. The van der Waals surface area contributed by atoms with Crippen LogP contribution in [-0.4, -0.2) is 9.78 Å². The van der Waals surface area contributed by atoms with Gasteiger partial charge >= 0.3 is 0 Å². The molecule has 0 amide bonds. The lowest BCUT2D eigenvalue weighted by Crippen LogP contribution is -2.02. The van der Waals surface area contributed by atoms with Gasteiger partial charge in [-0.2, -0.15) is 5.10 Å². The summed E-state index contributed by atoms with van der Waals surface area (Å²) >= 11 is 3.38. The summed E-state index contributed by atoms with van der Waals surface area (Å²) in [5.74, 6) is -0.0406. The molecule has 0 saturated heterocycles. The summed E-state index contributed by atoms with van der Waals surface area (Å²) in [5.41, 5.74) is 2.70. The van der Waals surface area contributed by atoms with Gasteiger partial charge in [0.05, 0.1) is 11.4 Å². The maximum absolute atomic E-state index is 13.9. The second-order valence-corrected chi connectivity index (χ2v) is 6.02. The van der Waals surface area contributed by atoms with Gasteiger partial charge in [-0.15, -0.1) is 0 Å². The van der Waals surface area contributed by atoms with Crippen LogP contribution in [0.3, 0.4) is 0 Å². The number of aromatic nitrogens is 2. The van der Waals surface area contributed by atoms with Crippen molar-refractivity contribution >= 4 is 27.4 Å². The monoisotopic (exact) mass is 377 g/mol. The minimum atomic E-state index is -0.351. The zero-order valence-electron chi connectivity index (χ0n) is 12.6. The molecule has 0 unspecified atom stereocenters. The van der Waals surface area contributed by atoms with Crippen molar-refractivity contribution in [2.24, 2.45) is 7.05 Å². The average molecular weight is 378 g/mol. The van der Waals surface area contributed by atoms with E-state index in [2.05, 4.69) is 26.3 Å². The van der Waals surface area contributed by atoms with E-state index in [1.807, 2.05) is 6.92 Å². The molecule has 1 aromatic heterocycles. The maximum Gasteiger partial charge on any atom is 0.146 e. The van der Waals surface area contributed by atoms with E-state index in [4.69, 9.17) is 0 Å². The SMILES string of the molecule is Cc1nn(C)c(Nc2ccccc2F)c1-c1ccc(F)cc1Br. The van der Waals surface area contributed by atoms with Gasteiger partial charge in [-0.05, 0) is 31.2 Å². The van der Waals surface area contributed by atoms with Crippen LogP contribution in [0, 0.1) is 18.6 Å². The number of halogens is 3. The number of hydrogen-bond donors (Lipinski definition) is 1. The second-order valence-electron chi connectivity index (χ2n) is 5.16. The van der Waals surface area contributed by atoms with Crippen LogP contribution in [0.15, 0.2) is 46.9 Å². The number of anilines is 2. The molecule has 0 radical (unpaired) electrons. The van der Waals surface area contributed by atoms with Crippen LogP contribution in [-0.2, 0) is 7.05 Å². The number of aryl methyl sites for hydroxylation is 2. The first-order valence-corrected chi connectivity index (χ1v) is 7.77. The summed E-state index contributed by atoms with van der Waals surface area (Å²) in [6, 6.07) is 10.9. The molecular formula is C17H14BrF2N3. The quantitative estimate of drug-likeness (QED) is 0.681. The van der Waals surface area contributed by atoms with Crippen LogP contribution >= 0.6 is 15.9 Å². The van der Waals surface area contributed by atoms with Crippen molar-refractivity contribution in [3.05, 3.63) is 64.3 Å². The first-order chi connectivity index (χ1) is 11.0. The Morgan fingerprint density at radius 1 is 1.13 bits per heavy atom. The van der Waals surface area contributed by atoms with E-state index in [1.165, 1.54) is 18.2 Å². The first kappa shape index (κ1) is 15.7. The van der Waals surface area contributed by atoms with E-state index in [0.29, 0.717) is 16.0 Å². The summed E-state index contributed by atoms with van der Waals surface area (Å²) in [6.07, 6.45) is 0. The largest absolute Gasteiger partial charge is 0.338 e. The van der Waals surface area contributed by atoms with Crippen molar-refractivity contribution in [2.45, 2.75) is 6.92 Å². The fourth-order valence-corrected chi connectivity index (χ4v) is 3.06. The predicted octanol–water partition coefficient (Wildman–Crippen LogP) is 5.18. The van der Waals surface area contributed by atoms with E-state index in [9.17, 15) is 8.78 Å². The summed E-state index contributed by atoms with van der Waals surface area (Å²) in [6.45, 7) is 1.86. The van der Waals surface area contributed by atoms with Crippen LogP contribution in [0.25, 0.3) is 11.1 Å². The van der Waals surface area contributed by atoms with Gasteiger partial charge in [-0.25, -0.2) is 8.78 Å². The van der Waals surface area contributed by atoms with E-state index in [1.54, 1.807) is 36.0 Å². The van der Waals surface area contributed by atoms with Crippen LogP contribution < -0.4 is 5.32 Å². The Hall–Kier alpha value is -2.21. The van der Waals surface area contributed by atoms with E-state index >= 15 is 0 Å². The lowest BCUT2D eigenvalue weighted by Gasteiger charge is -2.12. The summed E-state index contributed by atoms with van der Waals surface area (Å²) < 4.78 is 29.5. The second kappa shape index (κ2) is 6.12. The van der Waals surface area contributed by atoms with Gasteiger partial charge in [-0.1, -0.05) is 34.1 Å². The van der Waals surface area contributed by atoms with Crippen LogP contribution in [0.1, 0.15) is 5.69 Å². The fraction of sp³-hybridized carbons (Fsp3) is 0.118. The van der Waals surface area contributed by atoms with Gasteiger partial charge in [0, 0.05) is 22.6 Å². The summed E-state index contributed by atoms with van der Waals surface area (Å²) in [5, 5.41) is 7.48. The minimum Gasteiger partial charge on any atom is -0.338 e. The van der Waals surface area contributed by atoms with Crippen LogP contribution in [0.5, 0.6) is 0 Å². The van der Waals surface area contributed by atoms with Gasteiger partial charge in [0.2, 0.25) is 0 Å². The topological polar surface area (TPSA) is 29.9 Å². The Labute approximate surface area is 141 Å². The summed E-state index contributed by atoms with van der Waals surface area (Å²) in [7, 11) is 1.77. The minimum absolute atomic E-state index is 0.328. The molecule has 2 aromatic carbocycles. The third kappa shape index (κ3) is 2.99. The Bertz CT molecular complexity index is 874. The number of nitrogens with zero attached hydrogens (tertiary/aromatic N) is 2. The van der Waals surface area contributed by atoms with E-state index in [0.717, 1.165) is 16.8 Å².